The van der Waals surface area contributed by atoms with E-state index in [4.69, 9.17) is 0 Å². The lowest BCUT2D eigenvalue weighted by atomic mass is 9.98. The van der Waals surface area contributed by atoms with Crippen LogP contribution in [0, 0.1) is 0 Å². The normalized spacial score (nSPS) is 14.1. The smallest absolute Gasteiger partial charge is 0.361 e. The summed E-state index contributed by atoms with van der Waals surface area (Å²) in [4.78, 5) is 2.87. The first-order valence-electron chi connectivity index (χ1n) is 5.31. The molecule has 0 amide bonds. The standard InChI is InChI=1S/C12H13F3N2/c1-16-7-10(12(13,14)15)9-6-17-11-5-3-2-4-8(9)11/h2-6,10,16-17H,7H2,1H3. The third kappa shape index (κ3) is 2.29. The molecule has 0 saturated heterocycles. The number of halogens is 3. The summed E-state index contributed by atoms with van der Waals surface area (Å²) in [6, 6.07) is 7.01. The van der Waals surface area contributed by atoms with Gasteiger partial charge in [-0.2, -0.15) is 13.2 Å². The molecular weight excluding hydrogens is 229 g/mol. The van der Waals surface area contributed by atoms with Gasteiger partial charge < -0.3 is 10.3 Å². The molecular formula is C12H13F3N2. The van der Waals surface area contributed by atoms with E-state index < -0.39 is 12.1 Å². The Balaban J connectivity index is 2.49. The van der Waals surface area contributed by atoms with E-state index in [1.54, 1.807) is 24.3 Å². The topological polar surface area (TPSA) is 27.8 Å². The van der Waals surface area contributed by atoms with E-state index >= 15 is 0 Å². The average molecular weight is 242 g/mol. The molecule has 1 aromatic heterocycles. The summed E-state index contributed by atoms with van der Waals surface area (Å²) in [7, 11) is 1.52. The average Bonchev–Trinajstić information content (AvgIpc) is 2.68. The van der Waals surface area contributed by atoms with Crippen molar-refractivity contribution in [2.24, 2.45) is 0 Å². The zero-order chi connectivity index (χ0) is 12.5. The number of aromatic nitrogens is 1. The van der Waals surface area contributed by atoms with Crippen molar-refractivity contribution in [3.8, 4) is 0 Å². The fourth-order valence-electron chi connectivity index (χ4n) is 1.99. The molecule has 0 spiro atoms. The van der Waals surface area contributed by atoms with E-state index in [0.29, 0.717) is 10.9 Å². The summed E-state index contributed by atoms with van der Waals surface area (Å²) >= 11 is 0. The number of aromatic amines is 1. The van der Waals surface area contributed by atoms with Crippen LogP contribution in [0.15, 0.2) is 30.5 Å². The van der Waals surface area contributed by atoms with Crippen molar-refractivity contribution >= 4 is 10.9 Å². The molecule has 0 aliphatic heterocycles. The van der Waals surface area contributed by atoms with E-state index in [9.17, 15) is 13.2 Å². The van der Waals surface area contributed by atoms with E-state index in [1.807, 2.05) is 0 Å². The van der Waals surface area contributed by atoms with E-state index in [-0.39, 0.29) is 6.54 Å². The molecule has 5 heteroatoms. The number of rotatable bonds is 3. The van der Waals surface area contributed by atoms with Crippen LogP contribution in [0.4, 0.5) is 13.2 Å². The zero-order valence-electron chi connectivity index (χ0n) is 9.31. The van der Waals surface area contributed by atoms with Gasteiger partial charge in [0.05, 0.1) is 5.92 Å². The molecule has 0 aliphatic carbocycles. The molecule has 1 unspecified atom stereocenters. The predicted molar refractivity (Wildman–Crippen MR) is 61.0 cm³/mol. The maximum atomic E-state index is 12.9. The Kier molecular flexibility index (Phi) is 3.11. The summed E-state index contributed by atoms with van der Waals surface area (Å²) in [5.74, 6) is -1.48. The molecule has 0 radical (unpaired) electrons. The van der Waals surface area contributed by atoms with Gasteiger partial charge in [-0.25, -0.2) is 0 Å². The van der Waals surface area contributed by atoms with Crippen molar-refractivity contribution in [1.29, 1.82) is 0 Å². The molecule has 2 rings (SSSR count). The van der Waals surface area contributed by atoms with Crippen LogP contribution >= 0.6 is 0 Å². The largest absolute Gasteiger partial charge is 0.397 e. The lowest BCUT2D eigenvalue weighted by Crippen LogP contribution is -2.29. The highest BCUT2D eigenvalue weighted by molar-refractivity contribution is 5.83. The van der Waals surface area contributed by atoms with Crippen LogP contribution < -0.4 is 5.32 Å². The van der Waals surface area contributed by atoms with Gasteiger partial charge in [-0.1, -0.05) is 18.2 Å². The highest BCUT2D eigenvalue weighted by atomic mass is 19.4. The van der Waals surface area contributed by atoms with Crippen LogP contribution in [-0.2, 0) is 0 Å². The molecule has 2 N–H and O–H groups in total. The second-order valence-electron chi connectivity index (χ2n) is 3.94. The molecule has 2 nitrogen and oxygen atoms in total. The fourth-order valence-corrected chi connectivity index (χ4v) is 1.99. The fraction of sp³-hybridized carbons (Fsp3) is 0.333. The minimum Gasteiger partial charge on any atom is -0.361 e. The van der Waals surface area contributed by atoms with E-state index in [2.05, 4.69) is 10.3 Å². The SMILES string of the molecule is CNCC(c1c[nH]c2ccccc12)C(F)(F)F. The summed E-state index contributed by atoms with van der Waals surface area (Å²) in [5.41, 5.74) is 1.02. The van der Waals surface area contributed by atoms with E-state index in [1.165, 1.54) is 13.2 Å². The maximum Gasteiger partial charge on any atom is 0.397 e. The summed E-state index contributed by atoms with van der Waals surface area (Å²) in [6.07, 6.45) is -2.80. The van der Waals surface area contributed by atoms with Crippen molar-refractivity contribution in [3.63, 3.8) is 0 Å². The summed E-state index contributed by atoms with van der Waals surface area (Å²) in [6.45, 7) is -0.120. The molecule has 0 bridgehead atoms. The van der Waals surface area contributed by atoms with Crippen LogP contribution in [0.2, 0.25) is 0 Å². The number of benzene rings is 1. The van der Waals surface area contributed by atoms with Crippen molar-refractivity contribution in [2.45, 2.75) is 12.1 Å². The van der Waals surface area contributed by atoms with E-state index in [0.717, 1.165) is 5.52 Å². The van der Waals surface area contributed by atoms with Crippen molar-refractivity contribution in [1.82, 2.24) is 10.3 Å². The number of alkyl halides is 3. The molecule has 92 valence electrons. The number of hydrogen-bond acceptors (Lipinski definition) is 1. The Morgan fingerprint density at radius 3 is 2.65 bits per heavy atom. The van der Waals surface area contributed by atoms with Gasteiger partial charge in [0, 0.05) is 23.6 Å². The Morgan fingerprint density at radius 1 is 1.29 bits per heavy atom. The highest BCUT2D eigenvalue weighted by Crippen LogP contribution is 2.37. The van der Waals surface area contributed by atoms with Crippen LogP contribution in [0.1, 0.15) is 11.5 Å². The Bertz CT molecular complexity index is 502. The van der Waals surface area contributed by atoms with Crippen molar-refractivity contribution in [2.75, 3.05) is 13.6 Å². The molecule has 1 atom stereocenters. The molecule has 17 heavy (non-hydrogen) atoms. The minimum absolute atomic E-state index is 0.120. The molecule has 2 aromatic rings. The first-order valence-corrected chi connectivity index (χ1v) is 5.31. The molecule has 0 saturated carbocycles. The predicted octanol–water partition coefficient (Wildman–Crippen LogP) is 3.03. The Hall–Kier alpha value is -1.49. The summed E-state index contributed by atoms with van der Waals surface area (Å²) < 4.78 is 38.8. The van der Waals surface area contributed by atoms with Crippen LogP contribution in [0.5, 0.6) is 0 Å². The van der Waals surface area contributed by atoms with Gasteiger partial charge in [0.25, 0.3) is 0 Å². The molecule has 0 aliphatic rings. The third-order valence-corrected chi connectivity index (χ3v) is 2.80. The van der Waals surface area contributed by atoms with Crippen molar-refractivity contribution in [3.05, 3.63) is 36.0 Å². The number of H-pyrrole nitrogens is 1. The van der Waals surface area contributed by atoms with Crippen LogP contribution in [-0.4, -0.2) is 24.8 Å². The Morgan fingerprint density at radius 2 is 2.00 bits per heavy atom. The molecule has 1 aromatic carbocycles. The lowest BCUT2D eigenvalue weighted by Gasteiger charge is -2.19. The van der Waals surface area contributed by atoms with Crippen LogP contribution in [0.3, 0.4) is 0 Å². The van der Waals surface area contributed by atoms with Gasteiger partial charge in [0.15, 0.2) is 0 Å². The maximum absolute atomic E-state index is 12.9. The lowest BCUT2D eigenvalue weighted by molar-refractivity contribution is -0.149. The highest BCUT2D eigenvalue weighted by Gasteiger charge is 2.41. The molecule has 0 fully saturated rings. The van der Waals surface area contributed by atoms with Gasteiger partial charge >= 0.3 is 6.18 Å². The van der Waals surface area contributed by atoms with Gasteiger partial charge in [-0.05, 0) is 18.7 Å². The zero-order valence-corrected chi connectivity index (χ0v) is 9.31. The first kappa shape index (κ1) is 12.0. The molecule has 1 heterocycles. The quantitative estimate of drug-likeness (QED) is 0.850. The van der Waals surface area contributed by atoms with Crippen LogP contribution in [0.25, 0.3) is 10.9 Å². The number of fused-ring (bicyclic) bond motifs is 1. The van der Waals surface area contributed by atoms with Gasteiger partial charge in [-0.15, -0.1) is 0 Å². The summed E-state index contributed by atoms with van der Waals surface area (Å²) in [5, 5.41) is 3.22. The third-order valence-electron chi connectivity index (χ3n) is 2.80. The van der Waals surface area contributed by atoms with Crippen molar-refractivity contribution < 1.29 is 13.2 Å². The Labute approximate surface area is 96.8 Å². The monoisotopic (exact) mass is 242 g/mol. The van der Waals surface area contributed by atoms with Gasteiger partial charge in [0.1, 0.15) is 0 Å². The first-order chi connectivity index (χ1) is 8.04. The minimum atomic E-state index is -4.24. The number of para-hydroxylation sites is 1. The number of nitrogens with one attached hydrogen (secondary N) is 2. The van der Waals surface area contributed by atoms with Gasteiger partial charge in [0.2, 0.25) is 0 Å². The number of hydrogen-bond donors (Lipinski definition) is 2. The number of likely N-dealkylation sites (N-methyl/N-ethyl adjacent to an activating group) is 1. The second kappa shape index (κ2) is 4.41. The van der Waals surface area contributed by atoms with Gasteiger partial charge in [-0.3, -0.25) is 0 Å². The second-order valence-corrected chi connectivity index (χ2v) is 3.94.